The first-order valence-electron chi connectivity index (χ1n) is 12.8. The van der Waals surface area contributed by atoms with Crippen molar-refractivity contribution in [3.05, 3.63) is 146 Å². The van der Waals surface area contributed by atoms with Gasteiger partial charge in [0.15, 0.2) is 7.14 Å². The van der Waals surface area contributed by atoms with Gasteiger partial charge in [0.25, 0.3) is 0 Å². The fourth-order valence-electron chi connectivity index (χ4n) is 5.45. The number of benzene rings is 6. The van der Waals surface area contributed by atoms with Gasteiger partial charge in [0.05, 0.1) is 11.0 Å². The average Bonchev–Trinajstić information content (AvgIpc) is 2.99. The number of hydrogen-bond acceptors (Lipinski definition) is 2. The largest absolute Gasteiger partial charge is 0.309 e. The van der Waals surface area contributed by atoms with Gasteiger partial charge in [0.1, 0.15) is 0 Å². The molecule has 0 unspecified atom stereocenters. The lowest BCUT2D eigenvalue weighted by Crippen LogP contribution is -2.24. The molecule has 38 heavy (non-hydrogen) atoms. The maximum absolute atomic E-state index is 14.8. The highest BCUT2D eigenvalue weighted by Crippen LogP contribution is 2.43. The smallest absolute Gasteiger partial charge is 0.171 e. The second-order valence-corrected chi connectivity index (χ2v) is 12.3. The predicted molar refractivity (Wildman–Crippen MR) is 162 cm³/mol. The summed E-state index contributed by atoms with van der Waals surface area (Å²) in [6, 6.07) is 49.1. The second-order valence-electron chi connectivity index (χ2n) is 9.55. The number of aromatic nitrogens is 1. The van der Waals surface area contributed by atoms with Gasteiger partial charge >= 0.3 is 0 Å². The Balaban J connectivity index is 1.46. The van der Waals surface area contributed by atoms with Gasteiger partial charge in [0, 0.05) is 32.2 Å². The lowest BCUT2D eigenvalue weighted by molar-refractivity contribution is 0.592. The number of hydrogen-bond donors (Lipinski definition) is 0. The standard InChI is InChI=1S/C35H24NOP/c37-38(28-13-3-1-4-14-28,29-15-5-2-6-16-29)30-21-19-25(20-22-30)35-31-17-9-10-18-33(31)36-34-24-27-12-8-7-11-26(27)23-32(34)35/h1-24H. The van der Waals surface area contributed by atoms with Crippen LogP contribution in [0.15, 0.2) is 146 Å². The van der Waals surface area contributed by atoms with Crippen molar-refractivity contribution in [1.82, 2.24) is 4.98 Å². The van der Waals surface area contributed by atoms with Crippen LogP contribution in [0, 0.1) is 0 Å². The molecule has 6 aromatic carbocycles. The molecule has 7 aromatic rings. The molecular weight excluding hydrogens is 481 g/mol. The zero-order chi connectivity index (χ0) is 25.5. The third-order valence-electron chi connectivity index (χ3n) is 7.31. The van der Waals surface area contributed by atoms with E-state index in [4.69, 9.17) is 4.98 Å². The third-order valence-corrected chi connectivity index (χ3v) is 10.4. The first-order chi connectivity index (χ1) is 18.7. The van der Waals surface area contributed by atoms with Gasteiger partial charge < -0.3 is 4.57 Å². The summed E-state index contributed by atoms with van der Waals surface area (Å²) in [6.45, 7) is 0. The highest BCUT2D eigenvalue weighted by molar-refractivity contribution is 7.85. The van der Waals surface area contributed by atoms with E-state index in [2.05, 4.69) is 66.7 Å². The molecule has 180 valence electrons. The minimum absolute atomic E-state index is 0.826. The Labute approximate surface area is 221 Å². The summed E-state index contributed by atoms with van der Waals surface area (Å²) in [7, 11) is -3.03. The Morgan fingerprint density at radius 3 is 1.63 bits per heavy atom. The summed E-state index contributed by atoms with van der Waals surface area (Å²) in [5.41, 5.74) is 4.17. The second kappa shape index (κ2) is 9.10. The van der Waals surface area contributed by atoms with E-state index in [0.29, 0.717) is 0 Å². The van der Waals surface area contributed by atoms with Gasteiger partial charge in [-0.15, -0.1) is 0 Å². The van der Waals surface area contributed by atoms with Crippen molar-refractivity contribution in [2.45, 2.75) is 0 Å². The highest BCUT2D eigenvalue weighted by Gasteiger charge is 2.29. The minimum atomic E-state index is -3.03. The van der Waals surface area contributed by atoms with Gasteiger partial charge in [-0.25, -0.2) is 4.98 Å². The van der Waals surface area contributed by atoms with Crippen molar-refractivity contribution in [2.24, 2.45) is 0 Å². The molecule has 0 fully saturated rings. The summed E-state index contributed by atoms with van der Waals surface area (Å²) < 4.78 is 14.8. The van der Waals surface area contributed by atoms with Crippen LogP contribution in [0.3, 0.4) is 0 Å². The summed E-state index contributed by atoms with van der Waals surface area (Å²) in [4.78, 5) is 5.01. The molecule has 0 spiro atoms. The first-order valence-corrected chi connectivity index (χ1v) is 14.5. The van der Waals surface area contributed by atoms with E-state index < -0.39 is 7.14 Å². The maximum atomic E-state index is 14.8. The van der Waals surface area contributed by atoms with E-state index in [-0.39, 0.29) is 0 Å². The molecule has 0 bridgehead atoms. The first kappa shape index (κ1) is 22.7. The molecule has 2 nitrogen and oxygen atoms in total. The van der Waals surface area contributed by atoms with E-state index in [1.54, 1.807) is 0 Å². The van der Waals surface area contributed by atoms with Gasteiger partial charge in [-0.3, -0.25) is 0 Å². The molecule has 0 aliphatic rings. The van der Waals surface area contributed by atoms with Crippen molar-refractivity contribution < 1.29 is 4.57 Å². The Bertz CT molecular complexity index is 1930. The zero-order valence-electron chi connectivity index (χ0n) is 20.7. The van der Waals surface area contributed by atoms with E-state index >= 15 is 0 Å². The Kier molecular flexibility index (Phi) is 5.43. The zero-order valence-corrected chi connectivity index (χ0v) is 21.6. The van der Waals surface area contributed by atoms with Crippen molar-refractivity contribution in [3.8, 4) is 11.1 Å². The van der Waals surface area contributed by atoms with Gasteiger partial charge in [0.2, 0.25) is 0 Å². The number of nitrogens with zero attached hydrogens (tertiary/aromatic N) is 1. The van der Waals surface area contributed by atoms with Gasteiger partial charge in [-0.2, -0.15) is 0 Å². The molecule has 0 atom stereocenters. The van der Waals surface area contributed by atoms with Crippen LogP contribution in [-0.2, 0) is 4.57 Å². The maximum Gasteiger partial charge on any atom is 0.171 e. The monoisotopic (exact) mass is 505 g/mol. The van der Waals surface area contributed by atoms with Crippen molar-refractivity contribution >= 4 is 55.6 Å². The molecule has 0 amide bonds. The molecule has 3 heteroatoms. The molecule has 0 saturated heterocycles. The number of pyridine rings is 1. The van der Waals surface area contributed by atoms with E-state index in [9.17, 15) is 4.57 Å². The Morgan fingerprint density at radius 1 is 0.447 bits per heavy atom. The lowest BCUT2D eigenvalue weighted by atomic mass is 9.94. The van der Waals surface area contributed by atoms with Crippen LogP contribution in [0.5, 0.6) is 0 Å². The van der Waals surface area contributed by atoms with Crippen LogP contribution in [0.2, 0.25) is 0 Å². The van der Waals surface area contributed by atoms with Crippen LogP contribution >= 0.6 is 7.14 Å². The van der Waals surface area contributed by atoms with Crippen LogP contribution in [0.4, 0.5) is 0 Å². The van der Waals surface area contributed by atoms with Crippen molar-refractivity contribution in [1.29, 1.82) is 0 Å². The van der Waals surface area contributed by atoms with E-state index in [1.165, 1.54) is 10.8 Å². The average molecular weight is 506 g/mol. The molecule has 0 aliphatic carbocycles. The highest BCUT2D eigenvalue weighted by atomic mass is 31.2. The quantitative estimate of drug-likeness (QED) is 0.180. The topological polar surface area (TPSA) is 30.0 Å². The van der Waals surface area contributed by atoms with Crippen LogP contribution in [0.25, 0.3) is 43.7 Å². The summed E-state index contributed by atoms with van der Waals surface area (Å²) in [6.07, 6.45) is 0. The Hall–Kier alpha value is -4.52. The SMILES string of the molecule is O=P(c1ccccc1)(c1ccccc1)c1ccc(-c2c3ccccc3nc3cc4ccccc4cc23)cc1. The van der Waals surface area contributed by atoms with Crippen molar-refractivity contribution in [3.63, 3.8) is 0 Å². The number of rotatable bonds is 4. The summed E-state index contributed by atoms with van der Waals surface area (Å²) in [5, 5.41) is 7.09. The van der Waals surface area contributed by atoms with E-state index in [1.807, 2.05) is 78.9 Å². The third kappa shape index (κ3) is 3.65. The normalized spacial score (nSPS) is 11.8. The predicted octanol–water partition coefficient (Wildman–Crippen LogP) is 7.85. The van der Waals surface area contributed by atoms with Gasteiger partial charge in [-0.1, -0.05) is 127 Å². The molecular formula is C35H24NOP. The number of para-hydroxylation sites is 1. The molecule has 0 saturated carbocycles. The molecule has 1 heterocycles. The van der Waals surface area contributed by atoms with Crippen LogP contribution in [-0.4, -0.2) is 4.98 Å². The minimum Gasteiger partial charge on any atom is -0.309 e. The molecule has 0 radical (unpaired) electrons. The number of fused-ring (bicyclic) bond motifs is 3. The lowest BCUT2D eigenvalue weighted by Gasteiger charge is -2.20. The summed E-state index contributed by atoms with van der Waals surface area (Å²) in [5.74, 6) is 0. The molecule has 1 aromatic heterocycles. The summed E-state index contributed by atoms with van der Waals surface area (Å²) >= 11 is 0. The molecule has 0 aliphatic heterocycles. The molecule has 7 rings (SSSR count). The van der Waals surface area contributed by atoms with Crippen LogP contribution in [0.1, 0.15) is 0 Å². The Morgan fingerprint density at radius 2 is 0.974 bits per heavy atom. The molecule has 0 N–H and O–H groups in total. The van der Waals surface area contributed by atoms with Crippen molar-refractivity contribution in [2.75, 3.05) is 0 Å². The van der Waals surface area contributed by atoms with Crippen LogP contribution < -0.4 is 15.9 Å². The van der Waals surface area contributed by atoms with Gasteiger partial charge in [-0.05, 0) is 34.5 Å². The fourth-order valence-corrected chi connectivity index (χ4v) is 8.10. The van der Waals surface area contributed by atoms with E-state index in [0.717, 1.165) is 48.8 Å². The fraction of sp³-hybridized carbons (Fsp3) is 0.